The molecule has 7 nitrogen and oxygen atoms in total. The summed E-state index contributed by atoms with van der Waals surface area (Å²) < 4.78 is 13.1. The first-order valence-electron chi connectivity index (χ1n) is 10.3. The summed E-state index contributed by atoms with van der Waals surface area (Å²) in [6, 6.07) is 10.4. The monoisotopic (exact) mass is 449 g/mol. The van der Waals surface area contributed by atoms with Gasteiger partial charge in [-0.2, -0.15) is 0 Å². The fraction of sp³-hybridized carbons (Fsp3) is 0.250. The fourth-order valence-corrected chi connectivity index (χ4v) is 4.70. The van der Waals surface area contributed by atoms with Gasteiger partial charge in [0.15, 0.2) is 4.80 Å². The molecule has 2 aromatic heterocycles. The highest BCUT2D eigenvalue weighted by Crippen LogP contribution is 2.35. The first-order chi connectivity index (χ1) is 15.5. The first kappa shape index (κ1) is 21.7. The van der Waals surface area contributed by atoms with E-state index in [1.165, 1.54) is 18.4 Å². The third kappa shape index (κ3) is 4.01. The zero-order valence-electron chi connectivity index (χ0n) is 18.1. The second-order valence-corrected chi connectivity index (χ2v) is 8.26. The van der Waals surface area contributed by atoms with E-state index in [0.29, 0.717) is 38.5 Å². The summed E-state index contributed by atoms with van der Waals surface area (Å²) in [5.74, 6) is 0.0976. The zero-order valence-corrected chi connectivity index (χ0v) is 18.9. The molecule has 0 aliphatic carbocycles. The second-order valence-electron chi connectivity index (χ2n) is 7.25. The highest BCUT2D eigenvalue weighted by Gasteiger charge is 2.34. The van der Waals surface area contributed by atoms with Crippen LogP contribution in [0.5, 0.6) is 5.75 Å². The molecule has 0 radical (unpaired) electrons. The molecule has 0 spiro atoms. The molecule has 0 bridgehead atoms. The van der Waals surface area contributed by atoms with Crippen molar-refractivity contribution >= 4 is 23.4 Å². The SMILES string of the molecule is CCCOc1ccccc1C1C(C(=O)OC)=C(C)N=c2sc(=Cc3cccnc3)c(=O)n21. The van der Waals surface area contributed by atoms with Gasteiger partial charge < -0.3 is 9.47 Å². The van der Waals surface area contributed by atoms with Crippen LogP contribution in [0, 0.1) is 0 Å². The van der Waals surface area contributed by atoms with Gasteiger partial charge in [0.05, 0.1) is 29.5 Å². The van der Waals surface area contributed by atoms with Crippen molar-refractivity contribution in [2.45, 2.75) is 26.3 Å². The number of ether oxygens (including phenoxy) is 2. The Morgan fingerprint density at radius 2 is 2.06 bits per heavy atom. The number of thiazole rings is 1. The molecule has 1 aliphatic rings. The maximum Gasteiger partial charge on any atom is 0.338 e. The summed E-state index contributed by atoms with van der Waals surface area (Å²) in [5, 5.41) is 0. The number of carbonyl (C=O) groups excluding carboxylic acids is 1. The van der Waals surface area contributed by atoms with Crippen LogP contribution in [0.15, 0.2) is 69.8 Å². The summed E-state index contributed by atoms with van der Waals surface area (Å²) >= 11 is 1.28. The summed E-state index contributed by atoms with van der Waals surface area (Å²) in [7, 11) is 1.33. The number of fused-ring (bicyclic) bond motifs is 1. The van der Waals surface area contributed by atoms with Crippen LogP contribution in [0.3, 0.4) is 0 Å². The lowest BCUT2D eigenvalue weighted by molar-refractivity contribution is -0.136. The molecule has 8 heteroatoms. The number of esters is 1. The molecule has 0 fully saturated rings. The number of pyridine rings is 1. The van der Waals surface area contributed by atoms with Crippen molar-refractivity contribution in [1.29, 1.82) is 0 Å². The van der Waals surface area contributed by atoms with Crippen molar-refractivity contribution in [2.24, 2.45) is 4.99 Å². The molecule has 1 aliphatic heterocycles. The standard InChI is InChI=1S/C24H23N3O4S/c1-4-12-31-18-10-6-5-9-17(18)21-20(23(29)30-3)15(2)26-24-27(21)22(28)19(32-24)13-16-8-7-11-25-14-16/h5-11,13-14,21H,4,12H2,1-3H3. The number of hydrogen-bond donors (Lipinski definition) is 0. The molecule has 0 N–H and O–H groups in total. The molecule has 1 unspecified atom stereocenters. The van der Waals surface area contributed by atoms with E-state index in [9.17, 15) is 9.59 Å². The Balaban J connectivity index is 1.98. The minimum absolute atomic E-state index is 0.234. The number of hydrogen-bond acceptors (Lipinski definition) is 7. The average Bonchev–Trinajstić information content (AvgIpc) is 3.11. The Morgan fingerprint density at radius 3 is 2.78 bits per heavy atom. The van der Waals surface area contributed by atoms with Gasteiger partial charge in [-0.25, -0.2) is 9.79 Å². The van der Waals surface area contributed by atoms with Crippen LogP contribution in [0.25, 0.3) is 6.08 Å². The highest BCUT2D eigenvalue weighted by molar-refractivity contribution is 7.07. The molecule has 3 heterocycles. The van der Waals surface area contributed by atoms with E-state index in [2.05, 4.69) is 9.98 Å². The Morgan fingerprint density at radius 1 is 1.25 bits per heavy atom. The summed E-state index contributed by atoms with van der Waals surface area (Å²) in [6.07, 6.45) is 5.98. The number of nitrogens with zero attached hydrogens (tertiary/aromatic N) is 3. The summed E-state index contributed by atoms with van der Waals surface area (Å²) in [5.41, 5.74) is 2.12. The van der Waals surface area contributed by atoms with E-state index in [1.54, 1.807) is 30.0 Å². The molecule has 0 saturated heterocycles. The normalized spacial score (nSPS) is 15.8. The van der Waals surface area contributed by atoms with E-state index >= 15 is 0 Å². The van der Waals surface area contributed by atoms with Gasteiger partial charge in [-0.15, -0.1) is 0 Å². The van der Waals surface area contributed by atoms with Crippen molar-refractivity contribution in [3.63, 3.8) is 0 Å². The van der Waals surface area contributed by atoms with E-state index in [0.717, 1.165) is 12.0 Å². The third-order valence-corrected chi connectivity index (χ3v) is 6.07. The van der Waals surface area contributed by atoms with Gasteiger partial charge in [0.1, 0.15) is 11.8 Å². The molecular formula is C24H23N3O4S. The summed E-state index contributed by atoms with van der Waals surface area (Å²) in [4.78, 5) is 35.5. The van der Waals surface area contributed by atoms with Crippen molar-refractivity contribution in [1.82, 2.24) is 9.55 Å². The van der Waals surface area contributed by atoms with Gasteiger partial charge in [-0.3, -0.25) is 14.3 Å². The second kappa shape index (κ2) is 9.32. The van der Waals surface area contributed by atoms with Gasteiger partial charge in [0.2, 0.25) is 0 Å². The molecule has 32 heavy (non-hydrogen) atoms. The number of aromatic nitrogens is 2. The largest absolute Gasteiger partial charge is 0.493 e. The molecular weight excluding hydrogens is 426 g/mol. The lowest BCUT2D eigenvalue weighted by Crippen LogP contribution is -2.40. The molecule has 0 amide bonds. The first-order valence-corrected chi connectivity index (χ1v) is 11.1. The smallest absolute Gasteiger partial charge is 0.338 e. The number of benzene rings is 1. The lowest BCUT2D eigenvalue weighted by atomic mass is 9.95. The van der Waals surface area contributed by atoms with Crippen LogP contribution in [0.1, 0.15) is 37.4 Å². The quantitative estimate of drug-likeness (QED) is 0.540. The number of carbonyl (C=O) groups is 1. The predicted octanol–water partition coefficient (Wildman–Crippen LogP) is 2.59. The fourth-order valence-electron chi connectivity index (χ4n) is 3.65. The summed E-state index contributed by atoms with van der Waals surface area (Å²) in [6.45, 7) is 4.30. The minimum Gasteiger partial charge on any atom is -0.493 e. The Kier molecular flexibility index (Phi) is 6.32. The number of methoxy groups -OCH3 is 1. The topological polar surface area (TPSA) is 82.8 Å². The van der Waals surface area contributed by atoms with Crippen LogP contribution in [-0.4, -0.2) is 29.2 Å². The average molecular weight is 450 g/mol. The van der Waals surface area contributed by atoms with Crippen LogP contribution in [0.4, 0.5) is 0 Å². The van der Waals surface area contributed by atoms with Crippen LogP contribution >= 0.6 is 11.3 Å². The third-order valence-electron chi connectivity index (χ3n) is 5.08. The van der Waals surface area contributed by atoms with E-state index in [1.807, 2.05) is 43.3 Å². The van der Waals surface area contributed by atoms with Crippen molar-refractivity contribution in [3.8, 4) is 5.75 Å². The number of rotatable bonds is 6. The van der Waals surface area contributed by atoms with Gasteiger partial charge in [0, 0.05) is 18.0 Å². The van der Waals surface area contributed by atoms with Gasteiger partial charge in [0.25, 0.3) is 5.56 Å². The van der Waals surface area contributed by atoms with Crippen LogP contribution < -0.4 is 19.6 Å². The maximum absolute atomic E-state index is 13.5. The Hall–Kier alpha value is -3.52. The van der Waals surface area contributed by atoms with Crippen LogP contribution in [-0.2, 0) is 9.53 Å². The van der Waals surface area contributed by atoms with Gasteiger partial charge >= 0.3 is 5.97 Å². The Labute approximate surface area is 189 Å². The predicted molar refractivity (Wildman–Crippen MR) is 122 cm³/mol. The van der Waals surface area contributed by atoms with Crippen LogP contribution in [0.2, 0.25) is 0 Å². The zero-order chi connectivity index (χ0) is 22.7. The Bertz CT molecular complexity index is 1360. The van der Waals surface area contributed by atoms with Crippen molar-refractivity contribution < 1.29 is 14.3 Å². The number of allylic oxidation sites excluding steroid dienone is 1. The van der Waals surface area contributed by atoms with E-state index in [-0.39, 0.29) is 5.56 Å². The van der Waals surface area contributed by atoms with Crippen molar-refractivity contribution in [3.05, 3.63) is 90.9 Å². The molecule has 1 atom stereocenters. The molecule has 0 saturated carbocycles. The molecule has 1 aromatic carbocycles. The minimum atomic E-state index is -0.706. The van der Waals surface area contributed by atoms with Gasteiger partial charge in [-0.05, 0) is 37.1 Å². The van der Waals surface area contributed by atoms with Crippen molar-refractivity contribution in [2.75, 3.05) is 13.7 Å². The molecule has 3 aromatic rings. The van der Waals surface area contributed by atoms with E-state index in [4.69, 9.17) is 9.47 Å². The lowest BCUT2D eigenvalue weighted by Gasteiger charge is -2.26. The van der Waals surface area contributed by atoms with Gasteiger partial charge in [-0.1, -0.05) is 42.5 Å². The van der Waals surface area contributed by atoms with E-state index < -0.39 is 12.0 Å². The molecule has 164 valence electrons. The highest BCUT2D eigenvalue weighted by atomic mass is 32.1. The maximum atomic E-state index is 13.5. The molecule has 4 rings (SSSR count). The number of para-hydroxylation sites is 1.